The maximum absolute atomic E-state index is 12.7. The molecule has 0 saturated heterocycles. The second-order valence-electron chi connectivity index (χ2n) is 7.91. The number of esters is 1. The van der Waals surface area contributed by atoms with Gasteiger partial charge in [0, 0.05) is 11.1 Å². The highest BCUT2D eigenvalue weighted by Gasteiger charge is 2.16. The molecule has 0 radical (unpaired) electrons. The fourth-order valence-electron chi connectivity index (χ4n) is 3.46. The molecule has 0 saturated carbocycles. The Morgan fingerprint density at radius 3 is 2.42 bits per heavy atom. The SMILES string of the molecule is Cc1ccc(C(=O)NCC(=O)NN=Cc2c(OC(=O)c3ccccc3Cl)ccc3ccccc23)cc1. The standard InChI is InChI=1S/C28H22ClN3O4/c1-18-10-12-20(13-11-18)27(34)30-17-26(33)32-31-16-23-21-7-3-2-6-19(21)14-15-25(23)36-28(35)22-8-4-5-9-24(22)29/h2-16H,17H2,1H3,(H,30,34)(H,32,33). The zero-order valence-electron chi connectivity index (χ0n) is 19.3. The molecule has 0 aliphatic heterocycles. The van der Waals surface area contributed by atoms with Crippen LogP contribution in [0.1, 0.15) is 31.8 Å². The number of carbonyl (C=O) groups is 3. The average Bonchev–Trinajstić information content (AvgIpc) is 2.89. The van der Waals surface area contributed by atoms with Gasteiger partial charge < -0.3 is 10.1 Å². The summed E-state index contributed by atoms with van der Waals surface area (Å²) in [6, 6.07) is 24.6. The fourth-order valence-corrected chi connectivity index (χ4v) is 3.67. The molecule has 0 heterocycles. The number of fused-ring (bicyclic) bond motifs is 1. The molecule has 2 amide bonds. The van der Waals surface area contributed by atoms with E-state index < -0.39 is 11.9 Å². The van der Waals surface area contributed by atoms with Crippen LogP contribution in [-0.2, 0) is 4.79 Å². The Morgan fingerprint density at radius 1 is 0.917 bits per heavy atom. The quantitative estimate of drug-likeness (QED) is 0.163. The Kier molecular flexibility index (Phi) is 7.72. The van der Waals surface area contributed by atoms with Crippen molar-refractivity contribution in [3.63, 3.8) is 0 Å². The zero-order valence-corrected chi connectivity index (χ0v) is 20.1. The van der Waals surface area contributed by atoms with Crippen LogP contribution in [-0.4, -0.2) is 30.5 Å². The van der Waals surface area contributed by atoms with Crippen molar-refractivity contribution in [2.24, 2.45) is 5.10 Å². The molecule has 4 aromatic rings. The van der Waals surface area contributed by atoms with Crippen molar-refractivity contribution >= 4 is 46.4 Å². The molecule has 36 heavy (non-hydrogen) atoms. The molecule has 7 nitrogen and oxygen atoms in total. The number of nitrogens with zero attached hydrogens (tertiary/aromatic N) is 1. The van der Waals surface area contributed by atoms with Crippen LogP contribution in [0, 0.1) is 6.92 Å². The van der Waals surface area contributed by atoms with Crippen LogP contribution in [0.3, 0.4) is 0 Å². The lowest BCUT2D eigenvalue weighted by atomic mass is 10.0. The van der Waals surface area contributed by atoms with Gasteiger partial charge in [-0.1, -0.05) is 71.8 Å². The third kappa shape index (κ3) is 5.95. The van der Waals surface area contributed by atoms with Crippen LogP contribution >= 0.6 is 11.6 Å². The number of hydrogen-bond donors (Lipinski definition) is 2. The van der Waals surface area contributed by atoms with E-state index in [1.54, 1.807) is 42.5 Å². The Labute approximate surface area is 212 Å². The average molecular weight is 500 g/mol. The van der Waals surface area contributed by atoms with E-state index in [2.05, 4.69) is 15.8 Å². The third-order valence-corrected chi connectivity index (χ3v) is 5.66. The second-order valence-corrected chi connectivity index (χ2v) is 8.32. The number of ether oxygens (including phenoxy) is 1. The van der Waals surface area contributed by atoms with E-state index in [1.807, 2.05) is 49.4 Å². The molecule has 2 N–H and O–H groups in total. The minimum absolute atomic E-state index is 0.229. The van der Waals surface area contributed by atoms with Crippen LogP contribution in [0.5, 0.6) is 5.75 Å². The molecule has 180 valence electrons. The van der Waals surface area contributed by atoms with E-state index in [4.69, 9.17) is 16.3 Å². The van der Waals surface area contributed by atoms with Gasteiger partial charge in [-0.05, 0) is 48.0 Å². The third-order valence-electron chi connectivity index (χ3n) is 5.33. The molecule has 0 bridgehead atoms. The Balaban J connectivity index is 1.47. The van der Waals surface area contributed by atoms with Crippen molar-refractivity contribution < 1.29 is 19.1 Å². The number of halogens is 1. The molecule has 4 aromatic carbocycles. The van der Waals surface area contributed by atoms with Gasteiger partial charge in [-0.2, -0.15) is 5.10 Å². The highest BCUT2D eigenvalue weighted by Crippen LogP contribution is 2.28. The lowest BCUT2D eigenvalue weighted by molar-refractivity contribution is -0.120. The monoisotopic (exact) mass is 499 g/mol. The first-order valence-electron chi connectivity index (χ1n) is 11.1. The highest BCUT2D eigenvalue weighted by atomic mass is 35.5. The maximum Gasteiger partial charge on any atom is 0.345 e. The highest BCUT2D eigenvalue weighted by molar-refractivity contribution is 6.33. The van der Waals surface area contributed by atoms with Crippen LogP contribution < -0.4 is 15.5 Å². The number of carbonyl (C=O) groups excluding carboxylic acids is 3. The van der Waals surface area contributed by atoms with Gasteiger partial charge in [-0.25, -0.2) is 10.2 Å². The van der Waals surface area contributed by atoms with Gasteiger partial charge in [0.25, 0.3) is 11.8 Å². The number of benzene rings is 4. The normalized spacial score (nSPS) is 10.8. The van der Waals surface area contributed by atoms with Gasteiger partial charge in [-0.15, -0.1) is 0 Å². The Hall–Kier alpha value is -4.49. The summed E-state index contributed by atoms with van der Waals surface area (Å²) in [7, 11) is 0. The molecule has 0 spiro atoms. The summed E-state index contributed by atoms with van der Waals surface area (Å²) < 4.78 is 5.63. The lowest BCUT2D eigenvalue weighted by Crippen LogP contribution is -2.34. The van der Waals surface area contributed by atoms with Gasteiger partial charge in [0.15, 0.2) is 0 Å². The molecule has 8 heteroatoms. The Morgan fingerprint density at radius 2 is 1.64 bits per heavy atom. The molecule has 0 atom stereocenters. The number of amides is 2. The number of hydrogen-bond acceptors (Lipinski definition) is 5. The van der Waals surface area contributed by atoms with E-state index in [0.717, 1.165) is 16.3 Å². The molecule has 0 unspecified atom stereocenters. The predicted molar refractivity (Wildman–Crippen MR) is 140 cm³/mol. The van der Waals surface area contributed by atoms with Crippen molar-refractivity contribution in [1.29, 1.82) is 0 Å². The van der Waals surface area contributed by atoms with Crippen LogP contribution in [0.15, 0.2) is 90.0 Å². The largest absolute Gasteiger partial charge is 0.422 e. The lowest BCUT2D eigenvalue weighted by Gasteiger charge is -2.11. The van der Waals surface area contributed by atoms with E-state index in [9.17, 15) is 14.4 Å². The number of rotatable bonds is 7. The van der Waals surface area contributed by atoms with Gasteiger partial charge in [0.2, 0.25) is 0 Å². The van der Waals surface area contributed by atoms with E-state index in [0.29, 0.717) is 11.1 Å². The Bertz CT molecular complexity index is 1470. The minimum atomic E-state index is -0.617. The van der Waals surface area contributed by atoms with Gasteiger partial charge in [-0.3, -0.25) is 9.59 Å². The van der Waals surface area contributed by atoms with Crippen LogP contribution in [0.4, 0.5) is 0 Å². The topological polar surface area (TPSA) is 96.9 Å². The minimum Gasteiger partial charge on any atom is -0.422 e. The summed E-state index contributed by atoms with van der Waals surface area (Å²) in [5.41, 5.74) is 4.60. The molecule has 4 rings (SSSR count). The van der Waals surface area contributed by atoms with E-state index >= 15 is 0 Å². The van der Waals surface area contributed by atoms with Gasteiger partial charge in [0.05, 0.1) is 23.3 Å². The summed E-state index contributed by atoms with van der Waals surface area (Å²) in [5.74, 6) is -1.24. The van der Waals surface area contributed by atoms with Crippen molar-refractivity contribution in [3.05, 3.63) is 112 Å². The zero-order chi connectivity index (χ0) is 25.5. The summed E-state index contributed by atoms with van der Waals surface area (Å²) in [6.45, 7) is 1.67. The number of hydrazone groups is 1. The predicted octanol–water partition coefficient (Wildman–Crippen LogP) is 4.90. The number of nitrogens with one attached hydrogen (secondary N) is 2. The summed E-state index contributed by atoms with van der Waals surface area (Å²) in [4.78, 5) is 37.2. The first-order chi connectivity index (χ1) is 17.4. The molecule has 0 aromatic heterocycles. The first-order valence-corrected chi connectivity index (χ1v) is 11.5. The smallest absolute Gasteiger partial charge is 0.345 e. The molecule has 0 fully saturated rings. The van der Waals surface area contributed by atoms with E-state index in [-0.39, 0.29) is 28.8 Å². The van der Waals surface area contributed by atoms with Gasteiger partial charge in [0.1, 0.15) is 5.75 Å². The molecular weight excluding hydrogens is 478 g/mol. The van der Waals surface area contributed by atoms with Gasteiger partial charge >= 0.3 is 5.97 Å². The van der Waals surface area contributed by atoms with E-state index in [1.165, 1.54) is 6.21 Å². The van der Waals surface area contributed by atoms with Crippen LogP contribution in [0.2, 0.25) is 5.02 Å². The summed E-state index contributed by atoms with van der Waals surface area (Å²) in [6.07, 6.45) is 1.40. The van der Waals surface area contributed by atoms with Crippen molar-refractivity contribution in [2.45, 2.75) is 6.92 Å². The summed E-state index contributed by atoms with van der Waals surface area (Å²) >= 11 is 6.13. The summed E-state index contributed by atoms with van der Waals surface area (Å²) in [5, 5.41) is 8.51. The molecule has 0 aliphatic carbocycles. The second kappa shape index (κ2) is 11.3. The van der Waals surface area contributed by atoms with Crippen molar-refractivity contribution in [1.82, 2.24) is 10.7 Å². The van der Waals surface area contributed by atoms with Crippen molar-refractivity contribution in [3.8, 4) is 5.75 Å². The number of aryl methyl sites for hydroxylation is 1. The molecule has 0 aliphatic rings. The first kappa shape index (κ1) is 24.6. The fraction of sp³-hybridized carbons (Fsp3) is 0.0714. The van der Waals surface area contributed by atoms with Crippen molar-refractivity contribution in [2.75, 3.05) is 6.54 Å². The maximum atomic E-state index is 12.7. The van der Waals surface area contributed by atoms with Crippen LogP contribution in [0.25, 0.3) is 10.8 Å². The molecular formula is C28H22ClN3O4.